The SMILES string of the molecule is Cl.O=C(N[C@H](c1ccccc1)[C@@H]1CN2CCC1CC2)c1c(Cl)ccc(C(F)(F)F)c1Cl. The Kier molecular flexibility index (Phi) is 7.47. The minimum absolute atomic E-state index is 0. The molecular weight excluding hydrogens is 472 g/mol. The van der Waals surface area contributed by atoms with Crippen molar-refractivity contribution in [3.63, 3.8) is 0 Å². The number of benzene rings is 2. The smallest absolute Gasteiger partial charge is 0.345 e. The minimum atomic E-state index is -4.68. The van der Waals surface area contributed by atoms with Gasteiger partial charge in [0.15, 0.2) is 0 Å². The number of hydrogen-bond acceptors (Lipinski definition) is 2. The van der Waals surface area contributed by atoms with Gasteiger partial charge in [-0.25, -0.2) is 0 Å². The number of piperidine rings is 3. The highest BCUT2D eigenvalue weighted by atomic mass is 35.5. The summed E-state index contributed by atoms with van der Waals surface area (Å²) < 4.78 is 39.8. The zero-order valence-electron chi connectivity index (χ0n) is 16.5. The average molecular weight is 494 g/mol. The number of nitrogens with one attached hydrogen (secondary N) is 1. The van der Waals surface area contributed by atoms with Crippen LogP contribution >= 0.6 is 35.6 Å². The van der Waals surface area contributed by atoms with E-state index >= 15 is 0 Å². The van der Waals surface area contributed by atoms with Crippen LogP contribution in [0.15, 0.2) is 42.5 Å². The molecule has 0 saturated carbocycles. The number of hydrogen-bond donors (Lipinski definition) is 1. The standard InChI is InChI=1S/C22H21Cl2F3N2O.ClH/c23-17-7-6-16(22(25,26)27)19(24)18(17)21(30)28-20(14-4-2-1-3-5-14)15-12-29-10-8-13(15)9-11-29;/h1-7,13,15,20H,8-12H2,(H,28,30);1H/t15-,20-;/m1./s1. The van der Waals surface area contributed by atoms with Crippen molar-refractivity contribution in [3.05, 3.63) is 69.2 Å². The Labute approximate surface area is 195 Å². The molecule has 1 amide bonds. The van der Waals surface area contributed by atoms with E-state index in [1.807, 2.05) is 30.3 Å². The summed E-state index contributed by atoms with van der Waals surface area (Å²) in [5.41, 5.74) is -0.489. The molecule has 31 heavy (non-hydrogen) atoms. The van der Waals surface area contributed by atoms with Crippen LogP contribution in [-0.4, -0.2) is 30.4 Å². The van der Waals surface area contributed by atoms with Crippen molar-refractivity contribution in [2.24, 2.45) is 11.8 Å². The van der Waals surface area contributed by atoms with Gasteiger partial charge < -0.3 is 10.2 Å². The maximum atomic E-state index is 13.3. The topological polar surface area (TPSA) is 32.3 Å². The van der Waals surface area contributed by atoms with E-state index in [0.717, 1.165) is 50.2 Å². The van der Waals surface area contributed by atoms with Crippen molar-refractivity contribution < 1.29 is 18.0 Å². The van der Waals surface area contributed by atoms with Crippen LogP contribution in [0, 0.1) is 11.8 Å². The lowest BCUT2D eigenvalue weighted by molar-refractivity contribution is -0.137. The summed E-state index contributed by atoms with van der Waals surface area (Å²) in [5, 5.41) is 2.18. The lowest BCUT2D eigenvalue weighted by Gasteiger charge is -2.48. The van der Waals surface area contributed by atoms with E-state index in [-0.39, 0.29) is 35.0 Å². The molecule has 3 aliphatic heterocycles. The average Bonchev–Trinajstić information content (AvgIpc) is 2.72. The van der Waals surface area contributed by atoms with E-state index in [1.165, 1.54) is 0 Å². The molecule has 5 rings (SSSR count). The highest BCUT2D eigenvalue weighted by Gasteiger charge is 2.41. The quantitative estimate of drug-likeness (QED) is 0.546. The lowest BCUT2D eigenvalue weighted by Crippen LogP contribution is -2.52. The summed E-state index contributed by atoms with van der Waals surface area (Å²) in [7, 11) is 0. The molecule has 0 spiro atoms. The van der Waals surface area contributed by atoms with Gasteiger partial charge in [0, 0.05) is 6.54 Å². The molecule has 2 aromatic rings. The summed E-state index contributed by atoms with van der Waals surface area (Å²) in [4.78, 5) is 15.5. The van der Waals surface area contributed by atoms with Crippen LogP contribution in [-0.2, 0) is 6.18 Å². The van der Waals surface area contributed by atoms with Gasteiger partial charge in [-0.3, -0.25) is 4.79 Å². The predicted molar refractivity (Wildman–Crippen MR) is 118 cm³/mol. The van der Waals surface area contributed by atoms with Crippen LogP contribution in [0.1, 0.15) is 40.4 Å². The van der Waals surface area contributed by atoms with Gasteiger partial charge in [-0.05, 0) is 55.5 Å². The van der Waals surface area contributed by atoms with Crippen LogP contribution in [0.5, 0.6) is 0 Å². The highest BCUT2D eigenvalue weighted by molar-refractivity contribution is 6.40. The fourth-order valence-corrected chi connectivity index (χ4v) is 5.33. The molecule has 0 aliphatic carbocycles. The highest BCUT2D eigenvalue weighted by Crippen LogP contribution is 2.42. The Morgan fingerprint density at radius 2 is 1.71 bits per heavy atom. The summed E-state index contributed by atoms with van der Waals surface area (Å²) >= 11 is 12.1. The summed E-state index contributed by atoms with van der Waals surface area (Å²) in [6, 6.07) is 11.0. The molecule has 0 aromatic heterocycles. The molecule has 3 saturated heterocycles. The van der Waals surface area contributed by atoms with Crippen molar-refractivity contribution in [2.45, 2.75) is 25.1 Å². The molecule has 3 heterocycles. The summed E-state index contributed by atoms with van der Waals surface area (Å²) in [6.45, 7) is 2.93. The number of rotatable bonds is 4. The maximum Gasteiger partial charge on any atom is 0.417 e. The van der Waals surface area contributed by atoms with Gasteiger partial charge in [-0.1, -0.05) is 53.5 Å². The summed E-state index contributed by atoms with van der Waals surface area (Å²) in [6.07, 6.45) is -2.57. The van der Waals surface area contributed by atoms with Crippen LogP contribution in [0.3, 0.4) is 0 Å². The van der Waals surface area contributed by atoms with E-state index < -0.39 is 22.7 Å². The molecule has 2 aromatic carbocycles. The van der Waals surface area contributed by atoms with Crippen molar-refractivity contribution in [3.8, 4) is 0 Å². The minimum Gasteiger partial charge on any atom is -0.345 e. The second kappa shape index (κ2) is 9.57. The van der Waals surface area contributed by atoms with Gasteiger partial charge in [0.2, 0.25) is 0 Å². The lowest BCUT2D eigenvalue weighted by atomic mass is 9.73. The fourth-order valence-electron chi connectivity index (χ4n) is 4.68. The van der Waals surface area contributed by atoms with Gasteiger partial charge in [-0.15, -0.1) is 12.4 Å². The van der Waals surface area contributed by atoms with Crippen molar-refractivity contribution in [1.82, 2.24) is 10.2 Å². The maximum absolute atomic E-state index is 13.3. The summed E-state index contributed by atoms with van der Waals surface area (Å²) in [5.74, 6) is -0.0726. The van der Waals surface area contributed by atoms with Crippen LogP contribution in [0.2, 0.25) is 10.0 Å². The van der Waals surface area contributed by atoms with Gasteiger partial charge in [0.1, 0.15) is 0 Å². The predicted octanol–water partition coefficient (Wildman–Crippen LogP) is 6.25. The normalized spacial score (nSPS) is 23.7. The van der Waals surface area contributed by atoms with Gasteiger partial charge in [0.25, 0.3) is 5.91 Å². The third-order valence-electron chi connectivity index (χ3n) is 6.20. The first-order valence-corrected chi connectivity index (χ1v) is 10.6. The molecule has 0 unspecified atom stereocenters. The van der Waals surface area contributed by atoms with E-state index in [1.54, 1.807) is 0 Å². The van der Waals surface area contributed by atoms with Gasteiger partial charge in [0.05, 0.1) is 27.2 Å². The number of halogens is 6. The monoisotopic (exact) mass is 492 g/mol. The Morgan fingerprint density at radius 1 is 1.06 bits per heavy atom. The van der Waals surface area contributed by atoms with E-state index in [2.05, 4.69) is 10.2 Å². The molecule has 3 fully saturated rings. The third-order valence-corrected chi connectivity index (χ3v) is 6.91. The van der Waals surface area contributed by atoms with Crippen molar-refractivity contribution >= 4 is 41.5 Å². The molecule has 3 aliphatic rings. The number of carbonyl (C=O) groups is 1. The molecule has 9 heteroatoms. The Bertz CT molecular complexity index is 932. The Balaban J connectivity index is 0.00000272. The molecule has 1 N–H and O–H groups in total. The Morgan fingerprint density at radius 3 is 2.26 bits per heavy atom. The van der Waals surface area contributed by atoms with Gasteiger partial charge in [-0.2, -0.15) is 13.2 Å². The third kappa shape index (κ3) is 4.98. The Hall–Kier alpha value is -1.47. The molecule has 2 atom stereocenters. The van der Waals surface area contributed by atoms with Crippen molar-refractivity contribution in [2.75, 3.05) is 19.6 Å². The molecule has 168 valence electrons. The second-order valence-corrected chi connectivity index (χ2v) is 8.73. The number of amides is 1. The first-order chi connectivity index (χ1) is 14.3. The van der Waals surface area contributed by atoms with Crippen molar-refractivity contribution in [1.29, 1.82) is 0 Å². The first kappa shape index (κ1) is 24.2. The van der Waals surface area contributed by atoms with Crippen LogP contribution in [0.4, 0.5) is 13.2 Å². The number of alkyl halides is 3. The number of nitrogens with zero attached hydrogens (tertiary/aromatic N) is 1. The number of fused-ring (bicyclic) bond motifs is 3. The zero-order valence-corrected chi connectivity index (χ0v) is 18.8. The van der Waals surface area contributed by atoms with E-state index in [0.29, 0.717) is 5.92 Å². The van der Waals surface area contributed by atoms with Crippen LogP contribution in [0.25, 0.3) is 0 Å². The zero-order chi connectivity index (χ0) is 21.5. The molecule has 0 radical (unpaired) electrons. The molecule has 3 nitrogen and oxygen atoms in total. The van der Waals surface area contributed by atoms with E-state index in [9.17, 15) is 18.0 Å². The molecule has 2 bridgehead atoms. The second-order valence-electron chi connectivity index (χ2n) is 7.95. The molecular formula is C22H22Cl3F3N2O. The fraction of sp³-hybridized carbons (Fsp3) is 0.409. The first-order valence-electron chi connectivity index (χ1n) is 9.89. The van der Waals surface area contributed by atoms with Crippen LogP contribution < -0.4 is 5.32 Å². The van der Waals surface area contributed by atoms with E-state index in [4.69, 9.17) is 23.2 Å². The largest absolute Gasteiger partial charge is 0.417 e. The van der Waals surface area contributed by atoms with Gasteiger partial charge >= 0.3 is 6.18 Å². The number of carbonyl (C=O) groups excluding carboxylic acids is 1.